The van der Waals surface area contributed by atoms with Crippen LogP contribution in [0.5, 0.6) is 0 Å². The number of ketones is 2. The number of amides is 7. The lowest BCUT2D eigenvalue weighted by molar-refractivity contribution is -0.143. The van der Waals surface area contributed by atoms with Gasteiger partial charge in [0.1, 0.15) is 42.2 Å². The highest BCUT2D eigenvalue weighted by Gasteiger charge is 2.39. The number of benzene rings is 2. The number of primary amides is 1. The molecule has 1 heterocycles. The number of carbonyl (C=O) groups is 12. The monoisotopic (exact) mass is 1120 g/mol. The topological polar surface area (TPSA) is 380 Å². The van der Waals surface area contributed by atoms with E-state index in [2.05, 4.69) is 26.6 Å². The van der Waals surface area contributed by atoms with E-state index in [0.717, 1.165) is 23.8 Å². The molecule has 80 heavy (non-hydrogen) atoms. The van der Waals surface area contributed by atoms with E-state index in [4.69, 9.17) is 15.9 Å². The predicted octanol–water partition coefficient (Wildman–Crippen LogP) is 1.88. The number of aliphatic carboxylic acids is 3. The summed E-state index contributed by atoms with van der Waals surface area (Å²) in [7, 11) is 0. The third kappa shape index (κ3) is 21.8. The van der Waals surface area contributed by atoms with Crippen molar-refractivity contribution in [3.8, 4) is 11.1 Å². The summed E-state index contributed by atoms with van der Waals surface area (Å²) in [4.78, 5) is 153. The lowest BCUT2D eigenvalue weighted by Gasteiger charge is -2.41. The lowest BCUT2D eigenvalue weighted by Crippen LogP contribution is -2.56. The maximum Gasteiger partial charge on any atom is 0.326 e. The van der Waals surface area contributed by atoms with Gasteiger partial charge in [0.15, 0.2) is 5.78 Å². The van der Waals surface area contributed by atoms with Crippen LogP contribution >= 0.6 is 0 Å². The largest absolute Gasteiger partial charge is 0.481 e. The van der Waals surface area contributed by atoms with Gasteiger partial charge < -0.3 is 62.2 Å². The summed E-state index contributed by atoms with van der Waals surface area (Å²) in [6.07, 6.45) is -3.24. The van der Waals surface area contributed by atoms with Crippen LogP contribution in [0.3, 0.4) is 0 Å². The van der Waals surface area contributed by atoms with Crippen LogP contribution in [-0.4, -0.2) is 145 Å². The minimum atomic E-state index is -1.81. The number of hydrogen-bond donors (Lipinski definition) is 10. The molecular formula is C54H70F2N8O16. The zero-order chi connectivity index (χ0) is 60.0. The first-order valence-electron chi connectivity index (χ1n) is 25.6. The third-order valence-electron chi connectivity index (χ3n) is 12.6. The van der Waals surface area contributed by atoms with Crippen molar-refractivity contribution in [3.63, 3.8) is 0 Å². The minimum absolute atomic E-state index is 0.103. The Morgan fingerprint density at radius 2 is 1.31 bits per heavy atom. The number of aliphatic hydroxyl groups excluding tert-OH is 1. The number of aromatic nitrogens is 1. The molecule has 6 atom stereocenters. The standard InChI is InChI=1S/C54H70F2N8O16/c1-30(23-42(67)31(2)59-44(69)16-12-35(66)13-17-47(72)73)50(76)62-40(26-43(57)68)52(78)61-38(51(77)58-21-19-45(70)60-39(53(79)80)15-18-48(74)75)20-22-64(46(71)29-65)49(54(3,4)5)41-24-33(36-25-34(55)11-14-37(36)56)28-63(41)27-32-9-7-6-8-10-32/h6-11,14,24-25,28,30-31,38-40,49,65H,12-13,15-23,26-27,29H2,1-5H3,(H2,57,68)(H,58,77)(H,59,69)(H,60,70)(H,61,78)(H,62,76)(H,72,73)(H,74,75)(H,79,80)/t30-,31+,38+,39-,40+,49+/m1/s1. The number of hydrogen-bond acceptors (Lipinski definition) is 13. The molecule has 3 rings (SSSR count). The van der Waals surface area contributed by atoms with Gasteiger partial charge in [0, 0.05) is 87.1 Å². The number of carboxylic acids is 3. The van der Waals surface area contributed by atoms with Gasteiger partial charge in [-0.15, -0.1) is 0 Å². The van der Waals surface area contributed by atoms with E-state index in [1.807, 2.05) is 12.1 Å². The Balaban J connectivity index is 2.00. The van der Waals surface area contributed by atoms with Crippen LogP contribution in [0.25, 0.3) is 11.1 Å². The fraction of sp³-hybridized carbons (Fsp3) is 0.481. The molecule has 0 spiro atoms. The van der Waals surface area contributed by atoms with E-state index in [0.29, 0.717) is 5.69 Å². The van der Waals surface area contributed by atoms with E-state index in [1.54, 1.807) is 55.8 Å². The van der Waals surface area contributed by atoms with Crippen LogP contribution < -0.4 is 32.3 Å². The summed E-state index contributed by atoms with van der Waals surface area (Å²) < 4.78 is 31.7. The highest BCUT2D eigenvalue weighted by molar-refractivity contribution is 5.97. The molecule has 0 bridgehead atoms. The first kappa shape index (κ1) is 65.9. The van der Waals surface area contributed by atoms with Gasteiger partial charge in [0.05, 0.1) is 24.9 Å². The first-order valence-corrected chi connectivity index (χ1v) is 25.6. The molecule has 24 nitrogen and oxygen atoms in total. The number of nitrogens with one attached hydrogen (secondary N) is 5. The number of rotatable bonds is 34. The number of halogens is 2. The van der Waals surface area contributed by atoms with Gasteiger partial charge in [-0.05, 0) is 55.0 Å². The van der Waals surface area contributed by atoms with Gasteiger partial charge in [-0.3, -0.25) is 52.7 Å². The first-order chi connectivity index (χ1) is 37.5. The Labute approximate surface area is 459 Å². The number of carbonyl (C=O) groups excluding carboxylic acids is 9. The van der Waals surface area contributed by atoms with Gasteiger partial charge in [-0.2, -0.15) is 0 Å². The molecule has 0 fully saturated rings. The average molecular weight is 1130 g/mol. The van der Waals surface area contributed by atoms with Crippen LogP contribution in [0.15, 0.2) is 60.8 Å². The fourth-order valence-electron chi connectivity index (χ4n) is 8.44. The van der Waals surface area contributed by atoms with Crippen molar-refractivity contribution in [1.82, 2.24) is 36.1 Å². The number of aliphatic hydroxyl groups is 1. The number of carboxylic acid groups (broad SMARTS) is 3. The Hall–Kier alpha value is -8.42. The van der Waals surface area contributed by atoms with Crippen molar-refractivity contribution < 1.29 is 86.7 Å². The van der Waals surface area contributed by atoms with Crippen molar-refractivity contribution in [3.05, 3.63) is 83.7 Å². The second-order valence-corrected chi connectivity index (χ2v) is 20.2. The van der Waals surface area contributed by atoms with E-state index < -0.39 is 189 Å². The third-order valence-corrected chi connectivity index (χ3v) is 12.6. The molecule has 0 radical (unpaired) electrons. The maximum atomic E-state index is 15.4. The lowest BCUT2D eigenvalue weighted by atomic mass is 9.82. The van der Waals surface area contributed by atoms with Crippen molar-refractivity contribution in [1.29, 1.82) is 0 Å². The molecule has 3 aromatic rings. The highest BCUT2D eigenvalue weighted by Crippen LogP contribution is 2.41. The molecule has 26 heteroatoms. The highest BCUT2D eigenvalue weighted by atomic mass is 19.1. The molecule has 0 saturated heterocycles. The van der Waals surface area contributed by atoms with Crippen LogP contribution in [-0.2, 0) is 64.1 Å². The van der Waals surface area contributed by atoms with Gasteiger partial charge >= 0.3 is 17.9 Å². The molecular weight excluding hydrogens is 1050 g/mol. The summed E-state index contributed by atoms with van der Waals surface area (Å²) in [6.45, 7) is 6.01. The van der Waals surface area contributed by atoms with Crippen LogP contribution in [0.4, 0.5) is 8.78 Å². The van der Waals surface area contributed by atoms with Crippen LogP contribution in [0, 0.1) is 23.0 Å². The summed E-state index contributed by atoms with van der Waals surface area (Å²) in [5.74, 6) is -14.6. The molecule has 0 aliphatic heterocycles. The molecule has 0 saturated carbocycles. The fourth-order valence-corrected chi connectivity index (χ4v) is 8.44. The Kier molecular flexibility index (Phi) is 25.7. The second-order valence-electron chi connectivity index (χ2n) is 20.2. The molecule has 436 valence electrons. The van der Waals surface area contributed by atoms with Gasteiger partial charge in [0.25, 0.3) is 0 Å². The Bertz CT molecular complexity index is 2750. The molecule has 0 unspecified atom stereocenters. The maximum absolute atomic E-state index is 15.4. The molecule has 0 aliphatic carbocycles. The number of nitrogens with two attached hydrogens (primary N) is 1. The van der Waals surface area contributed by atoms with Gasteiger partial charge in [-0.1, -0.05) is 58.0 Å². The zero-order valence-electron chi connectivity index (χ0n) is 45.1. The van der Waals surface area contributed by atoms with Crippen LogP contribution in [0.2, 0.25) is 0 Å². The normalized spacial score (nSPS) is 13.4. The summed E-state index contributed by atoms with van der Waals surface area (Å²) >= 11 is 0. The zero-order valence-corrected chi connectivity index (χ0v) is 45.1. The van der Waals surface area contributed by atoms with E-state index in [-0.39, 0.29) is 36.9 Å². The summed E-state index contributed by atoms with van der Waals surface area (Å²) in [6, 6.07) is 6.14. The average Bonchev–Trinajstić information content (AvgIpc) is 3.78. The molecule has 1 aromatic heterocycles. The minimum Gasteiger partial charge on any atom is -0.481 e. The van der Waals surface area contributed by atoms with Crippen LogP contribution in [0.1, 0.15) is 116 Å². The van der Waals surface area contributed by atoms with Gasteiger partial charge in [0.2, 0.25) is 41.4 Å². The Morgan fingerprint density at radius 3 is 1.91 bits per heavy atom. The second kappa shape index (κ2) is 31.2. The van der Waals surface area contributed by atoms with Crippen molar-refractivity contribution in [2.75, 3.05) is 19.7 Å². The van der Waals surface area contributed by atoms with Crippen molar-refractivity contribution >= 4 is 70.8 Å². The number of Topliss-reactive ketones (excluding diaryl/α,β-unsaturated/α-hetero) is 2. The molecule has 11 N–H and O–H groups in total. The number of nitrogens with zero attached hydrogens (tertiary/aromatic N) is 2. The van der Waals surface area contributed by atoms with E-state index in [1.165, 1.54) is 18.7 Å². The van der Waals surface area contributed by atoms with E-state index in [9.17, 15) is 72.1 Å². The van der Waals surface area contributed by atoms with Gasteiger partial charge in [-0.25, -0.2) is 13.6 Å². The van der Waals surface area contributed by atoms with Crippen molar-refractivity contribution in [2.24, 2.45) is 17.1 Å². The predicted molar refractivity (Wildman–Crippen MR) is 280 cm³/mol. The molecule has 7 amide bonds. The smallest absolute Gasteiger partial charge is 0.326 e. The molecule has 2 aromatic carbocycles. The SMILES string of the molecule is C[C@H](CC(=O)[C@H](C)NC(=O)CCC(=O)CCC(=O)O)C(=O)N[C@@H](CC(N)=O)C(=O)N[C@@H](CCN(C(=O)CO)[C@@H](c1cc(-c2cc(F)ccc2F)cn1Cc1ccccc1)C(C)(C)C)C(=O)NCCC(=O)N[C@H](CCC(=O)O)C(=O)O. The quantitative estimate of drug-likeness (QED) is 0.0408. The Morgan fingerprint density at radius 1 is 0.688 bits per heavy atom. The molecule has 0 aliphatic rings. The van der Waals surface area contributed by atoms with Crippen molar-refractivity contribution in [2.45, 2.75) is 136 Å². The summed E-state index contributed by atoms with van der Waals surface area (Å²) in [5, 5.41) is 49.5. The van der Waals surface area contributed by atoms with E-state index >= 15 is 4.39 Å². The summed E-state index contributed by atoms with van der Waals surface area (Å²) in [5.41, 5.74) is 5.79.